The first kappa shape index (κ1) is 15.7. The molecule has 20 heavy (non-hydrogen) atoms. The zero-order valence-corrected chi connectivity index (χ0v) is 14.2. The van der Waals surface area contributed by atoms with Crippen molar-refractivity contribution in [3.63, 3.8) is 0 Å². The Bertz CT molecular complexity index is 393. The van der Waals surface area contributed by atoms with E-state index in [1.165, 1.54) is 37.9 Å². The molecule has 0 spiro atoms. The average molecular weight is 275 g/mol. The molecule has 3 atom stereocenters. The molecule has 0 N–H and O–H groups in total. The molecule has 1 nitrogen and oxygen atoms in total. The second-order valence-corrected chi connectivity index (χ2v) is 7.96. The number of nitrogens with zero attached hydrogens (tertiary/aromatic N) is 1. The normalized spacial score (nSPS) is 33.0. The molecule has 0 saturated heterocycles. The highest BCUT2D eigenvalue weighted by atomic mass is 15.1. The van der Waals surface area contributed by atoms with Gasteiger partial charge in [-0.25, -0.2) is 0 Å². The van der Waals surface area contributed by atoms with Gasteiger partial charge in [-0.3, -0.25) is 0 Å². The van der Waals surface area contributed by atoms with Gasteiger partial charge < -0.3 is 4.90 Å². The maximum Gasteiger partial charge on any atom is 0.0208 e. The van der Waals surface area contributed by atoms with Gasteiger partial charge in [0, 0.05) is 18.8 Å². The third-order valence-electron chi connectivity index (χ3n) is 5.60. The van der Waals surface area contributed by atoms with E-state index in [9.17, 15) is 0 Å². The molecule has 2 aliphatic rings. The van der Waals surface area contributed by atoms with E-state index in [1.807, 2.05) is 0 Å². The minimum Gasteiger partial charge on any atom is -0.375 e. The fourth-order valence-corrected chi connectivity index (χ4v) is 3.90. The molecule has 0 radical (unpaired) electrons. The van der Waals surface area contributed by atoms with Crippen LogP contribution < -0.4 is 0 Å². The van der Waals surface area contributed by atoms with Gasteiger partial charge in [-0.05, 0) is 62.7 Å². The van der Waals surface area contributed by atoms with Crippen LogP contribution in [0.4, 0.5) is 0 Å². The van der Waals surface area contributed by atoms with Crippen LogP contribution in [0.2, 0.25) is 0 Å². The first-order chi connectivity index (χ1) is 9.33. The summed E-state index contributed by atoms with van der Waals surface area (Å²) in [5, 5.41) is 0. The van der Waals surface area contributed by atoms with Gasteiger partial charge >= 0.3 is 0 Å². The highest BCUT2D eigenvalue weighted by Gasteiger charge is 2.54. The van der Waals surface area contributed by atoms with E-state index in [0.29, 0.717) is 5.41 Å². The van der Waals surface area contributed by atoms with E-state index in [2.05, 4.69) is 52.2 Å². The Kier molecular flexibility index (Phi) is 4.66. The lowest BCUT2D eigenvalue weighted by Gasteiger charge is -2.31. The van der Waals surface area contributed by atoms with E-state index in [-0.39, 0.29) is 0 Å². The number of rotatable bonds is 6. The third kappa shape index (κ3) is 3.48. The summed E-state index contributed by atoms with van der Waals surface area (Å²) in [5.41, 5.74) is 3.44. The lowest BCUT2D eigenvalue weighted by atomic mass is 9.78. The first-order valence-electron chi connectivity index (χ1n) is 8.39. The predicted octanol–water partition coefficient (Wildman–Crippen LogP) is 5.25. The van der Waals surface area contributed by atoms with Crippen molar-refractivity contribution in [2.24, 2.45) is 23.2 Å². The summed E-state index contributed by atoms with van der Waals surface area (Å²) in [6.45, 7) is 18.1. The zero-order chi connectivity index (χ0) is 14.9. The van der Waals surface area contributed by atoms with Gasteiger partial charge in [-0.1, -0.05) is 39.0 Å². The van der Waals surface area contributed by atoms with Gasteiger partial charge in [0.1, 0.15) is 0 Å². The third-order valence-corrected chi connectivity index (χ3v) is 5.60. The van der Waals surface area contributed by atoms with E-state index in [1.54, 1.807) is 5.57 Å². The highest BCUT2D eigenvalue weighted by Crippen LogP contribution is 2.60. The molecule has 0 aliphatic heterocycles. The van der Waals surface area contributed by atoms with Gasteiger partial charge in [-0.2, -0.15) is 0 Å². The molecule has 1 heteroatoms. The average Bonchev–Trinajstić information content (AvgIpc) is 3.00. The molecule has 3 unspecified atom stereocenters. The minimum atomic E-state index is 0.599. The quantitative estimate of drug-likeness (QED) is 0.598. The van der Waals surface area contributed by atoms with Crippen molar-refractivity contribution in [1.82, 2.24) is 4.90 Å². The standard InChI is InChI=1S/C19H33N/c1-14(2)12-20(15(3)4)13-18-11-19(18,6)17-9-7-16(5)8-10-17/h7,14,17-18H,3,8-13H2,1-2,4-6H3. The van der Waals surface area contributed by atoms with Gasteiger partial charge in [0.05, 0.1) is 0 Å². The molecular weight excluding hydrogens is 242 g/mol. The summed E-state index contributed by atoms with van der Waals surface area (Å²) < 4.78 is 0. The number of hydrogen-bond donors (Lipinski definition) is 0. The second-order valence-electron chi connectivity index (χ2n) is 7.96. The fourth-order valence-electron chi connectivity index (χ4n) is 3.90. The van der Waals surface area contributed by atoms with Crippen molar-refractivity contribution in [3.05, 3.63) is 23.9 Å². The van der Waals surface area contributed by atoms with Crippen LogP contribution in [0.25, 0.3) is 0 Å². The van der Waals surface area contributed by atoms with Crippen LogP contribution in [-0.2, 0) is 0 Å². The maximum absolute atomic E-state index is 4.18. The van der Waals surface area contributed by atoms with Crippen LogP contribution in [0.15, 0.2) is 23.9 Å². The van der Waals surface area contributed by atoms with Gasteiger partial charge in [0.15, 0.2) is 0 Å². The maximum atomic E-state index is 4.18. The van der Waals surface area contributed by atoms with Crippen molar-refractivity contribution in [2.45, 2.75) is 60.3 Å². The number of allylic oxidation sites excluding steroid dienone is 3. The molecule has 1 fully saturated rings. The molecule has 0 aromatic heterocycles. The number of hydrogen-bond acceptors (Lipinski definition) is 1. The summed E-state index contributed by atoms with van der Waals surface area (Å²) in [4.78, 5) is 2.52. The van der Waals surface area contributed by atoms with E-state index in [4.69, 9.17) is 0 Å². The van der Waals surface area contributed by atoms with Crippen molar-refractivity contribution in [1.29, 1.82) is 0 Å². The largest absolute Gasteiger partial charge is 0.375 e. The van der Waals surface area contributed by atoms with Crippen LogP contribution in [0.1, 0.15) is 60.3 Å². The Labute approximate surface area is 126 Å². The van der Waals surface area contributed by atoms with Crippen LogP contribution in [0, 0.1) is 23.2 Å². The Morgan fingerprint density at radius 3 is 2.70 bits per heavy atom. The van der Waals surface area contributed by atoms with Crippen LogP contribution in [0.5, 0.6) is 0 Å². The van der Waals surface area contributed by atoms with E-state index in [0.717, 1.165) is 24.3 Å². The predicted molar refractivity (Wildman–Crippen MR) is 88.5 cm³/mol. The topological polar surface area (TPSA) is 3.24 Å². The monoisotopic (exact) mass is 275 g/mol. The second kappa shape index (κ2) is 5.95. The molecule has 0 heterocycles. The van der Waals surface area contributed by atoms with Crippen molar-refractivity contribution in [3.8, 4) is 0 Å². The minimum absolute atomic E-state index is 0.599. The van der Waals surface area contributed by atoms with Crippen molar-refractivity contribution < 1.29 is 0 Å². The van der Waals surface area contributed by atoms with Crippen LogP contribution in [-0.4, -0.2) is 18.0 Å². The van der Waals surface area contributed by atoms with Crippen molar-refractivity contribution >= 4 is 0 Å². The summed E-state index contributed by atoms with van der Waals surface area (Å²) in [6.07, 6.45) is 7.96. The Hall–Kier alpha value is -0.720. The molecule has 0 aromatic carbocycles. The molecular formula is C19H33N. The van der Waals surface area contributed by atoms with Gasteiger partial charge in [0.2, 0.25) is 0 Å². The fraction of sp³-hybridized carbons (Fsp3) is 0.789. The van der Waals surface area contributed by atoms with Crippen LogP contribution in [0.3, 0.4) is 0 Å². The Balaban J connectivity index is 1.91. The summed E-state index contributed by atoms with van der Waals surface area (Å²) in [6, 6.07) is 0. The van der Waals surface area contributed by atoms with E-state index < -0.39 is 0 Å². The van der Waals surface area contributed by atoms with Gasteiger partial charge in [0.25, 0.3) is 0 Å². The molecule has 0 aromatic rings. The molecule has 0 amide bonds. The molecule has 0 bridgehead atoms. The Morgan fingerprint density at radius 1 is 1.50 bits per heavy atom. The molecule has 2 rings (SSSR count). The van der Waals surface area contributed by atoms with Crippen LogP contribution >= 0.6 is 0 Å². The lowest BCUT2D eigenvalue weighted by molar-refractivity contribution is 0.234. The summed E-state index contributed by atoms with van der Waals surface area (Å²) >= 11 is 0. The first-order valence-corrected chi connectivity index (χ1v) is 8.39. The smallest absolute Gasteiger partial charge is 0.0208 e. The SMILES string of the molecule is C=C(C)N(CC(C)C)CC1CC1(C)C1CC=C(C)CC1. The van der Waals surface area contributed by atoms with Crippen molar-refractivity contribution in [2.75, 3.05) is 13.1 Å². The summed E-state index contributed by atoms with van der Waals surface area (Å²) in [7, 11) is 0. The zero-order valence-electron chi connectivity index (χ0n) is 14.2. The summed E-state index contributed by atoms with van der Waals surface area (Å²) in [5.74, 6) is 2.52. The molecule has 1 saturated carbocycles. The van der Waals surface area contributed by atoms with Gasteiger partial charge in [-0.15, -0.1) is 0 Å². The molecule has 2 aliphatic carbocycles. The van der Waals surface area contributed by atoms with E-state index >= 15 is 0 Å². The molecule has 114 valence electrons. The Morgan fingerprint density at radius 2 is 2.20 bits per heavy atom. The highest BCUT2D eigenvalue weighted by molar-refractivity contribution is 5.12. The lowest BCUT2D eigenvalue weighted by Crippen LogP contribution is -2.30.